The number of likely N-dealkylation sites (tertiary alicyclic amines) is 1. The maximum absolute atomic E-state index is 11.9. The second kappa shape index (κ2) is 6.98. The summed E-state index contributed by atoms with van der Waals surface area (Å²) in [7, 11) is 0. The molecule has 1 fully saturated rings. The molecular weight excluding hydrogens is 236 g/mol. The van der Waals surface area contributed by atoms with E-state index in [1.165, 1.54) is 0 Å². The van der Waals surface area contributed by atoms with Gasteiger partial charge in [-0.05, 0) is 19.3 Å². The number of nitrogens with zero attached hydrogens (tertiary/aromatic N) is 1. The van der Waals surface area contributed by atoms with E-state index in [1.54, 1.807) is 11.8 Å². The van der Waals surface area contributed by atoms with Crippen molar-refractivity contribution >= 4 is 17.8 Å². The third kappa shape index (κ3) is 4.01. The third-order valence-corrected chi connectivity index (χ3v) is 3.07. The molecule has 0 bridgehead atoms. The second-order valence-corrected chi connectivity index (χ2v) is 4.39. The Bertz CT molecular complexity index is 330. The van der Waals surface area contributed by atoms with Crippen molar-refractivity contribution in [3.8, 4) is 0 Å². The molecule has 2 N–H and O–H groups in total. The zero-order chi connectivity index (χ0) is 13.5. The van der Waals surface area contributed by atoms with Gasteiger partial charge in [0.2, 0.25) is 11.8 Å². The summed E-state index contributed by atoms with van der Waals surface area (Å²) < 4.78 is 0. The molecule has 18 heavy (non-hydrogen) atoms. The summed E-state index contributed by atoms with van der Waals surface area (Å²) >= 11 is 0. The molecular formula is C12H20N2O4. The molecule has 2 amide bonds. The molecule has 0 spiro atoms. The van der Waals surface area contributed by atoms with E-state index in [1.807, 2.05) is 0 Å². The highest BCUT2D eigenvalue weighted by molar-refractivity contribution is 5.88. The highest BCUT2D eigenvalue weighted by Gasteiger charge is 2.30. The summed E-state index contributed by atoms with van der Waals surface area (Å²) in [6, 6.07) is -0.431. The zero-order valence-electron chi connectivity index (χ0n) is 10.6. The molecule has 1 aliphatic rings. The van der Waals surface area contributed by atoms with Crippen molar-refractivity contribution in [3.05, 3.63) is 0 Å². The van der Waals surface area contributed by atoms with Crippen molar-refractivity contribution in [1.82, 2.24) is 10.2 Å². The van der Waals surface area contributed by atoms with Crippen LogP contribution in [0.1, 0.15) is 39.0 Å². The molecule has 0 aromatic rings. The quantitative estimate of drug-likeness (QED) is 0.744. The number of piperidine rings is 1. The summed E-state index contributed by atoms with van der Waals surface area (Å²) in [5.74, 6) is -1.20. The van der Waals surface area contributed by atoms with E-state index >= 15 is 0 Å². The predicted molar refractivity (Wildman–Crippen MR) is 64.9 cm³/mol. The number of hydrogen-bond donors (Lipinski definition) is 2. The minimum Gasteiger partial charge on any atom is -0.481 e. The van der Waals surface area contributed by atoms with Gasteiger partial charge in [-0.2, -0.15) is 0 Å². The van der Waals surface area contributed by atoms with Gasteiger partial charge in [-0.15, -0.1) is 0 Å². The number of carbonyl (C=O) groups excluding carboxylic acids is 2. The molecule has 0 aromatic heterocycles. The van der Waals surface area contributed by atoms with Crippen molar-refractivity contribution in [2.24, 2.45) is 0 Å². The average molecular weight is 256 g/mol. The smallest absolute Gasteiger partial charge is 0.305 e. The fourth-order valence-corrected chi connectivity index (χ4v) is 2.12. The van der Waals surface area contributed by atoms with E-state index in [2.05, 4.69) is 5.32 Å². The van der Waals surface area contributed by atoms with Gasteiger partial charge in [-0.3, -0.25) is 14.4 Å². The van der Waals surface area contributed by atoms with E-state index < -0.39 is 12.0 Å². The van der Waals surface area contributed by atoms with Gasteiger partial charge in [0.05, 0.1) is 6.42 Å². The van der Waals surface area contributed by atoms with Crippen molar-refractivity contribution in [2.75, 3.05) is 13.1 Å². The number of amides is 2. The van der Waals surface area contributed by atoms with Crippen molar-refractivity contribution in [2.45, 2.75) is 45.1 Å². The zero-order valence-corrected chi connectivity index (χ0v) is 10.6. The number of carbonyl (C=O) groups is 3. The molecule has 6 nitrogen and oxygen atoms in total. The lowest BCUT2D eigenvalue weighted by Crippen LogP contribution is -2.52. The largest absolute Gasteiger partial charge is 0.481 e. The van der Waals surface area contributed by atoms with Crippen LogP contribution in [0.4, 0.5) is 0 Å². The number of rotatable bonds is 5. The van der Waals surface area contributed by atoms with E-state index in [4.69, 9.17) is 5.11 Å². The predicted octanol–water partition coefficient (Wildman–Crippen LogP) is 0.368. The Labute approximate surface area is 106 Å². The first-order valence-electron chi connectivity index (χ1n) is 6.35. The first-order valence-corrected chi connectivity index (χ1v) is 6.35. The first-order chi connectivity index (χ1) is 8.56. The van der Waals surface area contributed by atoms with E-state index in [0.29, 0.717) is 19.4 Å². The van der Waals surface area contributed by atoms with Gasteiger partial charge in [-0.25, -0.2) is 0 Å². The summed E-state index contributed by atoms with van der Waals surface area (Å²) in [6.45, 7) is 2.50. The average Bonchev–Trinajstić information content (AvgIpc) is 2.37. The van der Waals surface area contributed by atoms with Crippen molar-refractivity contribution in [1.29, 1.82) is 0 Å². The highest BCUT2D eigenvalue weighted by Crippen LogP contribution is 2.18. The van der Waals surface area contributed by atoms with Gasteiger partial charge >= 0.3 is 5.97 Å². The number of hydrogen-bond acceptors (Lipinski definition) is 3. The Kier molecular flexibility index (Phi) is 5.61. The van der Waals surface area contributed by atoms with Crippen molar-refractivity contribution in [3.63, 3.8) is 0 Å². The van der Waals surface area contributed by atoms with Gasteiger partial charge in [0.1, 0.15) is 6.04 Å². The minimum absolute atomic E-state index is 0.0203. The van der Waals surface area contributed by atoms with Gasteiger partial charge < -0.3 is 15.3 Å². The highest BCUT2D eigenvalue weighted by atomic mass is 16.4. The first kappa shape index (κ1) is 14.5. The fraction of sp³-hybridized carbons (Fsp3) is 0.750. The molecule has 1 aliphatic heterocycles. The summed E-state index contributed by atoms with van der Waals surface area (Å²) in [5, 5.41) is 11.1. The topological polar surface area (TPSA) is 86.7 Å². The normalized spacial score (nSPS) is 19.4. The van der Waals surface area contributed by atoms with Crippen LogP contribution in [-0.2, 0) is 14.4 Å². The molecule has 0 aliphatic carbocycles. The third-order valence-electron chi connectivity index (χ3n) is 3.07. The Morgan fingerprint density at radius 3 is 2.67 bits per heavy atom. The van der Waals surface area contributed by atoms with Crippen LogP contribution < -0.4 is 5.32 Å². The van der Waals surface area contributed by atoms with Crippen LogP contribution in [0.5, 0.6) is 0 Å². The summed E-state index contributed by atoms with van der Waals surface area (Å²) in [4.78, 5) is 35.6. The van der Waals surface area contributed by atoms with Crippen LogP contribution in [0.2, 0.25) is 0 Å². The number of nitrogens with one attached hydrogen (secondary N) is 1. The van der Waals surface area contributed by atoms with Gasteiger partial charge in [0.25, 0.3) is 0 Å². The van der Waals surface area contributed by atoms with Crippen molar-refractivity contribution < 1.29 is 19.5 Å². The Morgan fingerprint density at radius 2 is 2.06 bits per heavy atom. The summed E-state index contributed by atoms with van der Waals surface area (Å²) in [5.41, 5.74) is 0. The second-order valence-electron chi connectivity index (χ2n) is 4.39. The Morgan fingerprint density at radius 1 is 1.33 bits per heavy atom. The molecule has 6 heteroatoms. The van der Waals surface area contributed by atoms with Crippen LogP contribution in [-0.4, -0.2) is 46.9 Å². The van der Waals surface area contributed by atoms with Gasteiger partial charge in [0.15, 0.2) is 0 Å². The molecule has 0 saturated carbocycles. The lowest BCUT2D eigenvalue weighted by atomic mass is 10.0. The van der Waals surface area contributed by atoms with Crippen LogP contribution in [0, 0.1) is 0 Å². The maximum Gasteiger partial charge on any atom is 0.305 e. The minimum atomic E-state index is -0.944. The maximum atomic E-state index is 11.9. The van der Waals surface area contributed by atoms with Crippen LogP contribution in [0.3, 0.4) is 0 Å². The molecule has 1 saturated heterocycles. The fourth-order valence-electron chi connectivity index (χ4n) is 2.12. The van der Waals surface area contributed by atoms with E-state index in [-0.39, 0.29) is 24.8 Å². The standard InChI is InChI=1S/C12H20N2O4/c1-2-10(15)14-8-4-3-5-9(14)12(18)13-7-6-11(16)17/h9H,2-8H2,1H3,(H,13,18)(H,16,17). The monoisotopic (exact) mass is 256 g/mol. The lowest BCUT2D eigenvalue weighted by Gasteiger charge is -2.34. The Balaban J connectivity index is 2.52. The lowest BCUT2D eigenvalue weighted by molar-refractivity contribution is -0.142. The van der Waals surface area contributed by atoms with Gasteiger partial charge in [-0.1, -0.05) is 6.92 Å². The molecule has 102 valence electrons. The van der Waals surface area contributed by atoms with Crippen LogP contribution in [0.15, 0.2) is 0 Å². The number of carboxylic acid groups (broad SMARTS) is 1. The molecule has 1 rings (SSSR count). The SMILES string of the molecule is CCC(=O)N1CCCCC1C(=O)NCCC(=O)O. The number of aliphatic carboxylic acids is 1. The van der Waals surface area contributed by atoms with E-state index in [9.17, 15) is 14.4 Å². The van der Waals surface area contributed by atoms with Crippen LogP contribution >= 0.6 is 0 Å². The van der Waals surface area contributed by atoms with E-state index in [0.717, 1.165) is 12.8 Å². The molecule has 1 heterocycles. The molecule has 0 radical (unpaired) electrons. The molecule has 0 aromatic carbocycles. The molecule has 1 atom stereocenters. The van der Waals surface area contributed by atoms with Gasteiger partial charge in [0, 0.05) is 19.5 Å². The Hall–Kier alpha value is -1.59. The summed E-state index contributed by atoms with van der Waals surface area (Å²) in [6.07, 6.45) is 2.79. The molecule has 1 unspecified atom stereocenters. The van der Waals surface area contributed by atoms with Crippen LogP contribution in [0.25, 0.3) is 0 Å². The number of carboxylic acids is 1.